The zero-order valence-electron chi connectivity index (χ0n) is 36.1. The molecule has 1 fully saturated rings. The van der Waals surface area contributed by atoms with E-state index in [-0.39, 0.29) is 12.8 Å². The molecule has 1 saturated carbocycles. The minimum atomic E-state index is -5.15. The van der Waals surface area contributed by atoms with Crippen LogP contribution in [0.3, 0.4) is 0 Å². The van der Waals surface area contributed by atoms with E-state index in [0.717, 1.165) is 70.6 Å². The van der Waals surface area contributed by atoms with Crippen molar-refractivity contribution in [2.75, 3.05) is 13.2 Å². The van der Waals surface area contributed by atoms with Gasteiger partial charge < -0.3 is 39.9 Å². The van der Waals surface area contributed by atoms with Crippen LogP contribution in [0.4, 0.5) is 0 Å². The van der Waals surface area contributed by atoms with Gasteiger partial charge in [0, 0.05) is 12.8 Å². The van der Waals surface area contributed by atoms with Crippen molar-refractivity contribution in [1.29, 1.82) is 0 Å². The highest BCUT2D eigenvalue weighted by Crippen LogP contribution is 2.47. The number of phosphoric ester groups is 1. The molecule has 0 aliphatic heterocycles. The van der Waals surface area contributed by atoms with Crippen molar-refractivity contribution >= 4 is 19.8 Å². The summed E-state index contributed by atoms with van der Waals surface area (Å²) in [4.78, 5) is 35.6. The third-order valence-corrected chi connectivity index (χ3v) is 10.1. The molecule has 0 aromatic heterocycles. The second-order valence-electron chi connectivity index (χ2n) is 14.4. The first-order valence-corrected chi connectivity index (χ1v) is 23.2. The van der Waals surface area contributed by atoms with Gasteiger partial charge in [0.1, 0.15) is 43.2 Å². The number of carbonyl (C=O) groups is 2. The standard InChI is InChI=1S/C47H73O13P/c1-3-5-7-9-11-13-15-17-19-20-22-24-26-28-30-32-34-36-41(49)59-39(38-58-61(55,56)60-47-45(53)43(51)42(50)44(52)46(47)54)37-57-40(48)35-33-31-29-27-25-23-21-18-16-14-12-10-8-6-4-2/h5-8,11-14,17-19,21-22,24-25,27-28,30,39,42-47,50-54H,3-4,9-10,15-16,20,23,26,29,31-38H2,1-2H3,(H,55,56)/b7-5-,8-6-,13-11-,14-12-,19-17-,21-18-,24-22-,27-25-,30-28-. The number of ether oxygens (including phenoxy) is 2. The first kappa shape index (κ1) is 55.5. The number of phosphoric acid groups is 1. The van der Waals surface area contributed by atoms with Crippen LogP contribution in [-0.2, 0) is 32.7 Å². The number of hydrogen-bond donors (Lipinski definition) is 6. The van der Waals surface area contributed by atoms with E-state index in [4.69, 9.17) is 18.5 Å². The molecule has 0 aromatic rings. The number of allylic oxidation sites excluding steroid dienone is 18. The van der Waals surface area contributed by atoms with E-state index in [1.165, 1.54) is 0 Å². The van der Waals surface area contributed by atoms with E-state index in [2.05, 4.69) is 111 Å². The lowest BCUT2D eigenvalue weighted by Crippen LogP contribution is -2.64. The molecule has 1 aliphatic rings. The molecule has 1 rings (SSSR count). The summed E-state index contributed by atoms with van der Waals surface area (Å²) in [6.45, 7) is 2.95. The van der Waals surface area contributed by atoms with E-state index in [1.807, 2.05) is 12.2 Å². The van der Waals surface area contributed by atoms with E-state index >= 15 is 0 Å². The Morgan fingerprint density at radius 2 is 0.885 bits per heavy atom. The fourth-order valence-corrected chi connectivity index (χ4v) is 6.64. The minimum absolute atomic E-state index is 0.00189. The van der Waals surface area contributed by atoms with Crippen LogP contribution >= 0.6 is 7.82 Å². The normalized spacial score (nSPS) is 23.1. The van der Waals surface area contributed by atoms with Gasteiger partial charge in [-0.25, -0.2) is 4.57 Å². The Kier molecular flexibility index (Phi) is 32.8. The van der Waals surface area contributed by atoms with E-state index in [9.17, 15) is 44.6 Å². The number of unbranched alkanes of at least 4 members (excludes halogenated alkanes) is 3. The average Bonchev–Trinajstić information content (AvgIpc) is 3.24. The van der Waals surface area contributed by atoms with Gasteiger partial charge in [-0.05, 0) is 89.9 Å². The van der Waals surface area contributed by atoms with Gasteiger partial charge in [-0.2, -0.15) is 0 Å². The highest BCUT2D eigenvalue weighted by atomic mass is 31.2. The number of carbonyl (C=O) groups excluding carboxylic acids is 2. The van der Waals surface area contributed by atoms with Gasteiger partial charge in [-0.3, -0.25) is 18.6 Å². The Morgan fingerprint density at radius 3 is 1.33 bits per heavy atom. The molecule has 0 bridgehead atoms. The fraction of sp³-hybridized carbons (Fsp3) is 0.574. The van der Waals surface area contributed by atoms with Crippen LogP contribution in [0, 0.1) is 0 Å². The lowest BCUT2D eigenvalue weighted by Gasteiger charge is -2.41. The number of aliphatic hydroxyl groups is 5. The second-order valence-corrected chi connectivity index (χ2v) is 15.8. The van der Waals surface area contributed by atoms with Crippen molar-refractivity contribution in [3.05, 3.63) is 109 Å². The van der Waals surface area contributed by atoms with Crippen molar-refractivity contribution in [2.24, 2.45) is 0 Å². The molecular formula is C47H73O13P. The van der Waals surface area contributed by atoms with Crippen molar-refractivity contribution in [1.82, 2.24) is 0 Å². The molecule has 0 saturated heterocycles. The van der Waals surface area contributed by atoms with Crippen LogP contribution in [0.1, 0.15) is 117 Å². The SMILES string of the molecule is CC/C=C\C/C=C\C/C=C\C/C=C\C/C=C\CCCC(=O)OC(COC(=O)CCCC/C=C\C/C=C\C/C=C\C/C=C\CC)COP(=O)(O)OC1C(O)C(O)C(O)C(O)C1O. The number of aliphatic hydroxyl groups excluding tert-OH is 5. The summed E-state index contributed by atoms with van der Waals surface area (Å²) in [7, 11) is -5.15. The maximum atomic E-state index is 12.8. The molecule has 0 spiro atoms. The van der Waals surface area contributed by atoms with Crippen LogP contribution in [0.5, 0.6) is 0 Å². The second kappa shape index (κ2) is 36.0. The van der Waals surface area contributed by atoms with E-state index in [1.54, 1.807) is 0 Å². The van der Waals surface area contributed by atoms with Crippen LogP contribution in [0.2, 0.25) is 0 Å². The summed E-state index contributed by atoms with van der Waals surface area (Å²) in [5.41, 5.74) is 0. The summed E-state index contributed by atoms with van der Waals surface area (Å²) in [5, 5.41) is 50.1. The van der Waals surface area contributed by atoms with Gasteiger partial charge in [0.25, 0.3) is 0 Å². The molecule has 6 atom stereocenters. The first-order valence-electron chi connectivity index (χ1n) is 21.7. The maximum Gasteiger partial charge on any atom is 0.472 e. The van der Waals surface area contributed by atoms with Gasteiger partial charge in [-0.15, -0.1) is 0 Å². The maximum absolute atomic E-state index is 12.8. The van der Waals surface area contributed by atoms with E-state index < -0.39 is 75.7 Å². The number of rotatable bonds is 33. The molecule has 61 heavy (non-hydrogen) atoms. The Morgan fingerprint density at radius 1 is 0.508 bits per heavy atom. The topological polar surface area (TPSA) is 210 Å². The lowest BCUT2D eigenvalue weighted by atomic mass is 9.85. The van der Waals surface area contributed by atoms with Crippen molar-refractivity contribution in [2.45, 2.75) is 159 Å². The van der Waals surface area contributed by atoms with Gasteiger partial charge in [0.05, 0.1) is 6.61 Å². The zero-order chi connectivity index (χ0) is 45.0. The van der Waals surface area contributed by atoms with Gasteiger partial charge in [0.15, 0.2) is 6.10 Å². The number of hydrogen-bond acceptors (Lipinski definition) is 12. The van der Waals surface area contributed by atoms with Gasteiger partial charge >= 0.3 is 19.8 Å². The lowest BCUT2D eigenvalue weighted by molar-refractivity contribution is -0.220. The summed E-state index contributed by atoms with van der Waals surface area (Å²) in [6.07, 6.45) is 35.9. The molecule has 14 heteroatoms. The summed E-state index contributed by atoms with van der Waals surface area (Å²) >= 11 is 0. The highest BCUT2D eigenvalue weighted by Gasteiger charge is 2.51. The Bertz CT molecular complexity index is 1480. The first-order chi connectivity index (χ1) is 29.4. The third-order valence-electron chi connectivity index (χ3n) is 9.11. The van der Waals surface area contributed by atoms with Crippen molar-refractivity contribution < 1.29 is 63.1 Å². The molecule has 344 valence electrons. The summed E-state index contributed by atoms with van der Waals surface area (Å²) in [6, 6.07) is 0. The predicted octanol–water partition coefficient (Wildman–Crippen LogP) is 8.05. The average molecular weight is 877 g/mol. The molecular weight excluding hydrogens is 803 g/mol. The summed E-state index contributed by atoms with van der Waals surface area (Å²) in [5.74, 6) is -1.23. The zero-order valence-corrected chi connectivity index (χ0v) is 37.0. The summed E-state index contributed by atoms with van der Waals surface area (Å²) < 4.78 is 33.4. The van der Waals surface area contributed by atoms with E-state index in [0.29, 0.717) is 19.3 Å². The van der Waals surface area contributed by atoms with Crippen LogP contribution in [0.15, 0.2) is 109 Å². The molecule has 13 nitrogen and oxygen atoms in total. The smallest absolute Gasteiger partial charge is 0.462 e. The van der Waals surface area contributed by atoms with Crippen LogP contribution in [0.25, 0.3) is 0 Å². The van der Waals surface area contributed by atoms with Crippen LogP contribution in [-0.4, -0.2) is 98.3 Å². The van der Waals surface area contributed by atoms with Crippen molar-refractivity contribution in [3.8, 4) is 0 Å². The van der Waals surface area contributed by atoms with Gasteiger partial charge in [0.2, 0.25) is 0 Å². The van der Waals surface area contributed by atoms with Crippen molar-refractivity contribution in [3.63, 3.8) is 0 Å². The molecule has 1 aliphatic carbocycles. The molecule has 0 aromatic carbocycles. The molecule has 0 heterocycles. The Balaban J connectivity index is 2.58. The molecule has 6 N–H and O–H groups in total. The highest BCUT2D eigenvalue weighted by molar-refractivity contribution is 7.47. The monoisotopic (exact) mass is 876 g/mol. The van der Waals surface area contributed by atoms with Crippen LogP contribution < -0.4 is 0 Å². The van der Waals surface area contributed by atoms with Gasteiger partial charge in [-0.1, -0.05) is 123 Å². The predicted molar refractivity (Wildman–Crippen MR) is 239 cm³/mol. The Hall–Kier alpha value is -3.49. The molecule has 0 amide bonds. The fourth-order valence-electron chi connectivity index (χ4n) is 5.66. The largest absolute Gasteiger partial charge is 0.472 e. The molecule has 0 radical (unpaired) electrons. The number of esters is 2. The quantitative estimate of drug-likeness (QED) is 0.0160. The molecule has 6 unspecified atom stereocenters. The third kappa shape index (κ3) is 28.7. The minimum Gasteiger partial charge on any atom is -0.462 e. The Labute approximate surface area is 363 Å².